The fourth-order valence-electron chi connectivity index (χ4n) is 3.30. The van der Waals surface area contributed by atoms with E-state index in [1.165, 1.54) is 11.1 Å². The van der Waals surface area contributed by atoms with Gasteiger partial charge in [-0.1, -0.05) is 18.2 Å². The van der Waals surface area contributed by atoms with Crippen molar-refractivity contribution in [2.45, 2.75) is 0 Å². The molecule has 0 aliphatic carbocycles. The van der Waals surface area contributed by atoms with Gasteiger partial charge in [-0.15, -0.1) is 0 Å². The number of rotatable bonds is 5. The number of nitrogens with zero attached hydrogens (tertiary/aromatic N) is 3. The second-order valence-electron chi connectivity index (χ2n) is 7.01. The summed E-state index contributed by atoms with van der Waals surface area (Å²) in [6.07, 6.45) is 6.65. The Morgan fingerprint density at radius 2 is 1.77 bits per heavy atom. The highest BCUT2D eigenvalue weighted by Crippen LogP contribution is 2.35. The SMILES string of the molecule is COc1ccccc1-c1c[nH]c2ncc(-c3cncc(C(=O)C(=O)N(C)C)c3)cc12. The number of hydrogen-bond acceptors (Lipinski definition) is 5. The molecule has 0 saturated heterocycles. The van der Waals surface area contributed by atoms with E-state index in [1.807, 2.05) is 36.5 Å². The van der Waals surface area contributed by atoms with Crippen LogP contribution in [0.15, 0.2) is 61.2 Å². The van der Waals surface area contributed by atoms with Crippen LogP contribution in [0, 0.1) is 0 Å². The van der Waals surface area contributed by atoms with Gasteiger partial charge in [0.25, 0.3) is 11.7 Å². The molecule has 0 fully saturated rings. The number of aromatic nitrogens is 3. The first-order valence-electron chi connectivity index (χ1n) is 9.31. The fraction of sp³-hybridized carbons (Fsp3) is 0.130. The lowest BCUT2D eigenvalue weighted by atomic mass is 10.0. The van der Waals surface area contributed by atoms with Gasteiger partial charge in [0.2, 0.25) is 0 Å². The van der Waals surface area contributed by atoms with Crippen LogP contribution < -0.4 is 4.74 Å². The van der Waals surface area contributed by atoms with E-state index < -0.39 is 11.7 Å². The molecule has 150 valence electrons. The molecule has 0 aliphatic rings. The molecule has 0 unspecified atom stereocenters. The summed E-state index contributed by atoms with van der Waals surface area (Å²) in [7, 11) is 4.72. The molecule has 1 amide bonds. The van der Waals surface area contributed by atoms with Crippen LogP contribution >= 0.6 is 0 Å². The maximum Gasteiger partial charge on any atom is 0.294 e. The van der Waals surface area contributed by atoms with Crippen LogP contribution in [0.2, 0.25) is 0 Å². The number of H-pyrrole nitrogens is 1. The standard InChI is InChI=1S/C23H20N4O3/c1-27(2)23(29)21(28)16-8-14(10-24-11-16)15-9-18-19(13-26-22(18)25-12-15)17-6-4-5-7-20(17)30-3/h4-13H,1-3H3,(H,25,26). The Hall–Kier alpha value is -4.00. The summed E-state index contributed by atoms with van der Waals surface area (Å²) in [4.78, 5) is 37.5. The summed E-state index contributed by atoms with van der Waals surface area (Å²) < 4.78 is 5.50. The molecule has 3 aromatic heterocycles. The third kappa shape index (κ3) is 3.41. The van der Waals surface area contributed by atoms with Crippen molar-refractivity contribution in [2.24, 2.45) is 0 Å². The van der Waals surface area contributed by atoms with E-state index in [0.29, 0.717) is 5.56 Å². The minimum Gasteiger partial charge on any atom is -0.496 e. The number of benzene rings is 1. The molecule has 0 saturated carbocycles. The van der Waals surface area contributed by atoms with Crippen molar-refractivity contribution in [1.82, 2.24) is 19.9 Å². The summed E-state index contributed by atoms with van der Waals surface area (Å²) >= 11 is 0. The maximum atomic E-state index is 12.4. The smallest absolute Gasteiger partial charge is 0.294 e. The third-order valence-electron chi connectivity index (χ3n) is 4.86. The van der Waals surface area contributed by atoms with Crippen molar-refractivity contribution < 1.29 is 14.3 Å². The first kappa shape index (κ1) is 19.3. The number of aromatic amines is 1. The molecule has 0 spiro atoms. The number of amides is 1. The van der Waals surface area contributed by atoms with Gasteiger partial charge in [-0.25, -0.2) is 4.98 Å². The predicted octanol–water partition coefficient (Wildman–Crippen LogP) is 3.57. The van der Waals surface area contributed by atoms with Crippen molar-refractivity contribution in [3.63, 3.8) is 0 Å². The quantitative estimate of drug-likeness (QED) is 0.409. The molecule has 0 atom stereocenters. The van der Waals surface area contributed by atoms with Crippen LogP contribution in [0.5, 0.6) is 5.75 Å². The molecule has 7 heteroatoms. The summed E-state index contributed by atoms with van der Waals surface area (Å²) in [6, 6.07) is 11.4. The van der Waals surface area contributed by atoms with Gasteiger partial charge in [0.15, 0.2) is 0 Å². The largest absolute Gasteiger partial charge is 0.496 e. The number of hydrogen-bond donors (Lipinski definition) is 1. The van der Waals surface area contributed by atoms with Crippen LogP contribution in [-0.2, 0) is 4.79 Å². The van der Waals surface area contributed by atoms with E-state index in [1.54, 1.807) is 39.7 Å². The molecule has 0 bridgehead atoms. The molecule has 0 radical (unpaired) electrons. The summed E-state index contributed by atoms with van der Waals surface area (Å²) in [5.74, 6) is -0.424. The highest BCUT2D eigenvalue weighted by atomic mass is 16.5. The first-order chi connectivity index (χ1) is 14.5. The second-order valence-corrected chi connectivity index (χ2v) is 7.01. The van der Waals surface area contributed by atoms with Gasteiger partial charge in [0, 0.05) is 72.1 Å². The zero-order chi connectivity index (χ0) is 21.3. The third-order valence-corrected chi connectivity index (χ3v) is 4.86. The fourth-order valence-corrected chi connectivity index (χ4v) is 3.30. The summed E-state index contributed by atoms with van der Waals surface area (Å²) in [5.41, 5.74) is 4.38. The lowest BCUT2D eigenvalue weighted by molar-refractivity contribution is -0.124. The Morgan fingerprint density at radius 1 is 1.00 bits per heavy atom. The summed E-state index contributed by atoms with van der Waals surface area (Å²) in [5, 5.41) is 0.915. The number of pyridine rings is 2. The number of carbonyl (C=O) groups excluding carboxylic acids is 2. The number of nitrogens with one attached hydrogen (secondary N) is 1. The Labute approximate surface area is 173 Å². The summed E-state index contributed by atoms with van der Waals surface area (Å²) in [6.45, 7) is 0. The van der Waals surface area contributed by atoms with Crippen molar-refractivity contribution >= 4 is 22.7 Å². The molecule has 7 nitrogen and oxygen atoms in total. The number of carbonyl (C=O) groups is 2. The van der Waals surface area contributed by atoms with Crippen LogP contribution in [0.1, 0.15) is 10.4 Å². The molecule has 0 aliphatic heterocycles. The lowest BCUT2D eigenvalue weighted by Gasteiger charge is -2.10. The van der Waals surface area contributed by atoms with Crippen molar-refractivity contribution in [1.29, 1.82) is 0 Å². The van der Waals surface area contributed by atoms with Gasteiger partial charge in [0.05, 0.1) is 7.11 Å². The van der Waals surface area contributed by atoms with E-state index in [-0.39, 0.29) is 5.56 Å². The van der Waals surface area contributed by atoms with Gasteiger partial charge in [0.1, 0.15) is 11.4 Å². The Morgan fingerprint density at radius 3 is 2.53 bits per heavy atom. The molecular formula is C23H20N4O3. The highest BCUT2D eigenvalue weighted by Gasteiger charge is 2.19. The molecule has 1 aromatic carbocycles. The van der Waals surface area contributed by atoms with Crippen molar-refractivity contribution in [2.75, 3.05) is 21.2 Å². The van der Waals surface area contributed by atoms with Crippen molar-refractivity contribution in [3.8, 4) is 28.0 Å². The minimum absolute atomic E-state index is 0.241. The first-order valence-corrected chi connectivity index (χ1v) is 9.31. The van der Waals surface area contributed by atoms with E-state index in [9.17, 15) is 9.59 Å². The van der Waals surface area contributed by atoms with Gasteiger partial charge in [-0.2, -0.15) is 0 Å². The highest BCUT2D eigenvalue weighted by molar-refractivity contribution is 6.42. The van der Waals surface area contributed by atoms with Gasteiger partial charge >= 0.3 is 0 Å². The zero-order valence-electron chi connectivity index (χ0n) is 16.8. The van der Waals surface area contributed by atoms with Crippen LogP contribution in [0.25, 0.3) is 33.3 Å². The average Bonchev–Trinajstić information content (AvgIpc) is 3.21. The molecule has 1 N–H and O–H groups in total. The number of para-hydroxylation sites is 1. The molecule has 30 heavy (non-hydrogen) atoms. The van der Waals surface area contributed by atoms with Crippen LogP contribution in [0.3, 0.4) is 0 Å². The number of Topliss-reactive ketones (excluding diaryl/α,β-unsaturated/α-hetero) is 1. The molecule has 4 aromatic rings. The number of ether oxygens (including phenoxy) is 1. The van der Waals surface area contributed by atoms with E-state index >= 15 is 0 Å². The Balaban J connectivity index is 1.79. The Kier molecular flexibility index (Phi) is 5.02. The van der Waals surface area contributed by atoms with E-state index in [2.05, 4.69) is 15.0 Å². The molecule has 4 rings (SSSR count). The minimum atomic E-state index is -0.597. The van der Waals surface area contributed by atoms with Gasteiger partial charge < -0.3 is 14.6 Å². The van der Waals surface area contributed by atoms with E-state index in [0.717, 1.165) is 33.5 Å². The lowest BCUT2D eigenvalue weighted by Crippen LogP contribution is -2.29. The molecular weight excluding hydrogens is 380 g/mol. The number of likely N-dealkylation sites (N-methyl/N-ethyl adjacent to an activating group) is 1. The van der Waals surface area contributed by atoms with Crippen molar-refractivity contribution in [3.05, 3.63) is 66.7 Å². The predicted molar refractivity (Wildman–Crippen MR) is 114 cm³/mol. The molecule has 3 heterocycles. The van der Waals surface area contributed by atoms with Gasteiger partial charge in [-0.3, -0.25) is 14.6 Å². The average molecular weight is 400 g/mol. The van der Waals surface area contributed by atoms with Crippen LogP contribution in [0.4, 0.5) is 0 Å². The maximum absolute atomic E-state index is 12.4. The van der Waals surface area contributed by atoms with Crippen LogP contribution in [-0.4, -0.2) is 52.7 Å². The topological polar surface area (TPSA) is 88.2 Å². The normalized spacial score (nSPS) is 10.8. The monoisotopic (exact) mass is 400 g/mol. The number of methoxy groups -OCH3 is 1. The number of fused-ring (bicyclic) bond motifs is 1. The number of ketones is 1. The Bertz CT molecular complexity index is 1260. The zero-order valence-corrected chi connectivity index (χ0v) is 16.8. The van der Waals surface area contributed by atoms with E-state index in [4.69, 9.17) is 4.74 Å². The second kappa shape index (κ2) is 7.79. The van der Waals surface area contributed by atoms with Gasteiger partial charge in [-0.05, 0) is 18.2 Å².